The standard InChI is InChI=1S/C16H25N3O2/c1-13(17-19-9-7-18(2)8-10-19)3-4-14-5-6-15-16(11-14)21-12-20-15/h5-6,11,13,17H,3-4,7-10,12H2,1-2H3. The lowest BCUT2D eigenvalue weighted by molar-refractivity contribution is 0.0883. The number of nitrogens with one attached hydrogen (secondary N) is 1. The quantitative estimate of drug-likeness (QED) is 0.889. The Morgan fingerprint density at radius 2 is 1.90 bits per heavy atom. The second kappa shape index (κ2) is 6.64. The molecule has 116 valence electrons. The zero-order chi connectivity index (χ0) is 14.7. The van der Waals surface area contributed by atoms with Gasteiger partial charge in [0.2, 0.25) is 6.79 Å². The van der Waals surface area contributed by atoms with E-state index in [4.69, 9.17) is 9.47 Å². The second-order valence-corrected chi connectivity index (χ2v) is 6.05. The average molecular weight is 291 g/mol. The summed E-state index contributed by atoms with van der Waals surface area (Å²) in [5, 5.41) is 2.35. The molecule has 0 aliphatic carbocycles. The number of benzene rings is 1. The van der Waals surface area contributed by atoms with Crippen LogP contribution in [0.2, 0.25) is 0 Å². The molecular formula is C16H25N3O2. The number of rotatable bonds is 5. The maximum atomic E-state index is 5.43. The van der Waals surface area contributed by atoms with E-state index in [-0.39, 0.29) is 0 Å². The van der Waals surface area contributed by atoms with Gasteiger partial charge in [-0.25, -0.2) is 5.01 Å². The first-order chi connectivity index (χ1) is 10.2. The predicted octanol–water partition coefficient (Wildman–Crippen LogP) is 1.49. The Balaban J connectivity index is 1.44. The molecule has 1 aromatic rings. The van der Waals surface area contributed by atoms with Crippen molar-refractivity contribution in [3.63, 3.8) is 0 Å². The highest BCUT2D eigenvalue weighted by molar-refractivity contribution is 5.44. The van der Waals surface area contributed by atoms with Gasteiger partial charge in [0.05, 0.1) is 0 Å². The van der Waals surface area contributed by atoms with Gasteiger partial charge in [0.1, 0.15) is 0 Å². The van der Waals surface area contributed by atoms with Crippen molar-refractivity contribution in [1.29, 1.82) is 0 Å². The minimum Gasteiger partial charge on any atom is -0.454 e. The maximum absolute atomic E-state index is 5.43. The molecular weight excluding hydrogens is 266 g/mol. The number of hydrogen-bond donors (Lipinski definition) is 1. The van der Waals surface area contributed by atoms with Gasteiger partial charge in [-0.1, -0.05) is 6.07 Å². The molecule has 5 nitrogen and oxygen atoms in total. The summed E-state index contributed by atoms with van der Waals surface area (Å²) in [6.45, 7) is 7.09. The van der Waals surface area contributed by atoms with E-state index >= 15 is 0 Å². The monoisotopic (exact) mass is 291 g/mol. The Morgan fingerprint density at radius 1 is 1.14 bits per heavy atom. The third-order valence-electron chi connectivity index (χ3n) is 4.21. The van der Waals surface area contributed by atoms with Crippen LogP contribution in [0.15, 0.2) is 18.2 Å². The van der Waals surface area contributed by atoms with Crippen LogP contribution in [-0.2, 0) is 6.42 Å². The normalized spacial score (nSPS) is 20.7. The maximum Gasteiger partial charge on any atom is 0.231 e. The van der Waals surface area contributed by atoms with Gasteiger partial charge in [-0.3, -0.25) is 5.43 Å². The van der Waals surface area contributed by atoms with Crippen LogP contribution >= 0.6 is 0 Å². The van der Waals surface area contributed by atoms with E-state index in [0.29, 0.717) is 12.8 Å². The summed E-state index contributed by atoms with van der Waals surface area (Å²) in [4.78, 5) is 2.37. The fourth-order valence-electron chi connectivity index (χ4n) is 2.79. The van der Waals surface area contributed by atoms with Gasteiger partial charge in [-0.15, -0.1) is 0 Å². The fourth-order valence-corrected chi connectivity index (χ4v) is 2.79. The van der Waals surface area contributed by atoms with Crippen molar-refractivity contribution in [3.05, 3.63) is 23.8 Å². The zero-order valence-corrected chi connectivity index (χ0v) is 13.0. The van der Waals surface area contributed by atoms with Crippen molar-refractivity contribution in [1.82, 2.24) is 15.3 Å². The number of likely N-dealkylation sites (N-methyl/N-ethyl adjacent to an activating group) is 1. The summed E-state index contributed by atoms with van der Waals surface area (Å²) in [5.74, 6) is 1.74. The van der Waals surface area contributed by atoms with Gasteiger partial charge in [0.15, 0.2) is 11.5 Å². The van der Waals surface area contributed by atoms with E-state index in [1.807, 2.05) is 6.07 Å². The number of hydrazine groups is 1. The van der Waals surface area contributed by atoms with Crippen LogP contribution in [0.25, 0.3) is 0 Å². The lowest BCUT2D eigenvalue weighted by atomic mass is 10.1. The lowest BCUT2D eigenvalue weighted by Crippen LogP contribution is -2.53. The SMILES string of the molecule is CC(CCc1ccc2c(c1)OCO2)NN1CCN(C)CC1. The molecule has 1 fully saturated rings. The highest BCUT2D eigenvalue weighted by atomic mass is 16.7. The number of fused-ring (bicyclic) bond motifs is 1. The van der Waals surface area contributed by atoms with Crippen molar-refractivity contribution in [3.8, 4) is 11.5 Å². The van der Waals surface area contributed by atoms with E-state index in [1.165, 1.54) is 5.56 Å². The molecule has 1 N–H and O–H groups in total. The molecule has 0 amide bonds. The molecule has 5 heteroatoms. The number of nitrogens with zero attached hydrogens (tertiary/aromatic N) is 2. The molecule has 1 atom stereocenters. The molecule has 2 heterocycles. The van der Waals surface area contributed by atoms with Crippen LogP contribution in [0, 0.1) is 0 Å². The van der Waals surface area contributed by atoms with Crippen molar-refractivity contribution in [2.24, 2.45) is 0 Å². The predicted molar refractivity (Wildman–Crippen MR) is 82.6 cm³/mol. The molecule has 1 unspecified atom stereocenters. The molecule has 21 heavy (non-hydrogen) atoms. The van der Waals surface area contributed by atoms with Gasteiger partial charge >= 0.3 is 0 Å². The van der Waals surface area contributed by atoms with Gasteiger partial charge in [0, 0.05) is 32.2 Å². The molecule has 0 saturated carbocycles. The smallest absolute Gasteiger partial charge is 0.231 e. The molecule has 2 aliphatic heterocycles. The molecule has 0 aromatic heterocycles. The minimum absolute atomic E-state index is 0.347. The molecule has 2 aliphatic rings. The first-order valence-corrected chi connectivity index (χ1v) is 7.79. The van der Waals surface area contributed by atoms with Crippen molar-refractivity contribution in [2.45, 2.75) is 25.8 Å². The molecule has 1 aromatic carbocycles. The van der Waals surface area contributed by atoms with Crippen molar-refractivity contribution in [2.75, 3.05) is 40.0 Å². The summed E-state index contributed by atoms with van der Waals surface area (Å²) in [6, 6.07) is 6.73. The van der Waals surface area contributed by atoms with E-state index in [1.54, 1.807) is 0 Å². The average Bonchev–Trinajstić information content (AvgIpc) is 2.95. The van der Waals surface area contributed by atoms with Crippen LogP contribution in [0.1, 0.15) is 18.9 Å². The van der Waals surface area contributed by atoms with Crippen LogP contribution in [-0.4, -0.2) is 56.0 Å². The number of ether oxygens (including phenoxy) is 2. The highest BCUT2D eigenvalue weighted by Gasteiger charge is 2.16. The second-order valence-electron chi connectivity index (χ2n) is 6.05. The highest BCUT2D eigenvalue weighted by Crippen LogP contribution is 2.32. The third-order valence-corrected chi connectivity index (χ3v) is 4.21. The number of piperazine rings is 1. The van der Waals surface area contributed by atoms with Crippen LogP contribution in [0.4, 0.5) is 0 Å². The number of hydrogen-bond acceptors (Lipinski definition) is 5. The van der Waals surface area contributed by atoms with E-state index < -0.39 is 0 Å². The lowest BCUT2D eigenvalue weighted by Gasteiger charge is -2.34. The fraction of sp³-hybridized carbons (Fsp3) is 0.625. The van der Waals surface area contributed by atoms with Gasteiger partial charge in [0.25, 0.3) is 0 Å². The van der Waals surface area contributed by atoms with Gasteiger partial charge in [-0.2, -0.15) is 0 Å². The summed E-state index contributed by atoms with van der Waals surface area (Å²) < 4.78 is 10.8. The Morgan fingerprint density at radius 3 is 2.71 bits per heavy atom. The summed E-state index contributed by atoms with van der Waals surface area (Å²) in [6.07, 6.45) is 2.17. The van der Waals surface area contributed by atoms with E-state index in [9.17, 15) is 0 Å². The van der Waals surface area contributed by atoms with Crippen LogP contribution in [0.5, 0.6) is 11.5 Å². The first-order valence-electron chi connectivity index (χ1n) is 7.79. The summed E-state index contributed by atoms with van der Waals surface area (Å²) in [7, 11) is 2.18. The van der Waals surface area contributed by atoms with E-state index in [0.717, 1.165) is 50.5 Å². The van der Waals surface area contributed by atoms with Crippen molar-refractivity contribution < 1.29 is 9.47 Å². The Hall–Kier alpha value is -1.30. The van der Waals surface area contributed by atoms with Crippen LogP contribution < -0.4 is 14.9 Å². The van der Waals surface area contributed by atoms with E-state index in [2.05, 4.69) is 41.4 Å². The Bertz CT molecular complexity index is 473. The molecule has 0 spiro atoms. The van der Waals surface area contributed by atoms with Gasteiger partial charge in [-0.05, 0) is 44.5 Å². The largest absolute Gasteiger partial charge is 0.454 e. The topological polar surface area (TPSA) is 37.0 Å². The third kappa shape index (κ3) is 3.87. The van der Waals surface area contributed by atoms with Gasteiger partial charge < -0.3 is 14.4 Å². The molecule has 0 bridgehead atoms. The van der Waals surface area contributed by atoms with Crippen LogP contribution in [0.3, 0.4) is 0 Å². The Kier molecular flexibility index (Phi) is 4.63. The van der Waals surface area contributed by atoms with Crippen molar-refractivity contribution >= 4 is 0 Å². The first kappa shape index (κ1) is 14.6. The number of aryl methyl sites for hydroxylation is 1. The Labute approximate surface area is 126 Å². The molecule has 0 radical (unpaired) electrons. The molecule has 1 saturated heterocycles. The zero-order valence-electron chi connectivity index (χ0n) is 13.0. The molecule has 3 rings (SSSR count). The summed E-state index contributed by atoms with van der Waals surface area (Å²) in [5.41, 5.74) is 4.92. The minimum atomic E-state index is 0.347. The summed E-state index contributed by atoms with van der Waals surface area (Å²) >= 11 is 0.